The molecule has 1 N–H and O–H groups in total. The maximum Gasteiger partial charge on any atom is 0.125 e. The number of piperazine rings is 1. The number of nitrogens with zero attached hydrogens (tertiary/aromatic N) is 1. The van der Waals surface area contributed by atoms with Gasteiger partial charge in [0.25, 0.3) is 0 Å². The summed E-state index contributed by atoms with van der Waals surface area (Å²) in [7, 11) is 0. The molecule has 1 heterocycles. The van der Waals surface area contributed by atoms with E-state index in [1.54, 1.807) is 12.1 Å². The smallest absolute Gasteiger partial charge is 0.125 e. The van der Waals surface area contributed by atoms with Gasteiger partial charge in [-0.15, -0.1) is 0 Å². The van der Waals surface area contributed by atoms with Gasteiger partial charge in [0.15, 0.2) is 0 Å². The van der Waals surface area contributed by atoms with Crippen molar-refractivity contribution in [2.24, 2.45) is 5.92 Å². The summed E-state index contributed by atoms with van der Waals surface area (Å²) in [6.07, 6.45) is 0. The summed E-state index contributed by atoms with van der Waals surface area (Å²) in [5.41, 5.74) is 0.993. The van der Waals surface area contributed by atoms with Crippen molar-refractivity contribution in [3.8, 4) is 0 Å². The number of anilines is 1. The predicted molar refractivity (Wildman–Crippen MR) is 65.2 cm³/mol. The van der Waals surface area contributed by atoms with E-state index in [4.69, 9.17) is 0 Å². The molecule has 1 aliphatic heterocycles. The molecule has 3 heteroatoms. The lowest BCUT2D eigenvalue weighted by Crippen LogP contribution is -2.53. The van der Waals surface area contributed by atoms with E-state index in [9.17, 15) is 4.39 Å². The predicted octanol–water partition coefficient (Wildman–Crippen LogP) is 2.26. The first-order valence-electron chi connectivity index (χ1n) is 5.90. The van der Waals surface area contributed by atoms with Crippen LogP contribution in [-0.4, -0.2) is 25.7 Å². The normalized spacial score (nSPS) is 21.5. The highest BCUT2D eigenvalue weighted by Gasteiger charge is 2.21. The zero-order chi connectivity index (χ0) is 11.5. The minimum absolute atomic E-state index is 0.155. The molecule has 1 aromatic rings. The van der Waals surface area contributed by atoms with Gasteiger partial charge in [0, 0.05) is 31.4 Å². The first kappa shape index (κ1) is 11.4. The number of nitrogens with one attached hydrogen (secondary N) is 1. The van der Waals surface area contributed by atoms with Gasteiger partial charge in [-0.3, -0.25) is 0 Å². The fraction of sp³-hybridized carbons (Fsp3) is 0.538. The molecule has 0 radical (unpaired) electrons. The van der Waals surface area contributed by atoms with E-state index >= 15 is 0 Å². The zero-order valence-electron chi connectivity index (χ0n) is 9.91. The first-order valence-corrected chi connectivity index (χ1v) is 5.90. The lowest BCUT2D eigenvalue weighted by atomic mass is 10.0. The van der Waals surface area contributed by atoms with Crippen LogP contribution in [0.25, 0.3) is 0 Å². The molecule has 2 nitrogen and oxygen atoms in total. The van der Waals surface area contributed by atoms with Gasteiger partial charge in [0.05, 0.1) is 0 Å². The lowest BCUT2D eigenvalue weighted by molar-refractivity contribution is 0.368. The second kappa shape index (κ2) is 4.83. The van der Waals surface area contributed by atoms with Crippen LogP contribution in [0.15, 0.2) is 24.3 Å². The topological polar surface area (TPSA) is 15.3 Å². The SMILES string of the molecule is CC(C)C1CN(c2cccc(F)c2)CCN1. The van der Waals surface area contributed by atoms with Crippen molar-refractivity contribution in [1.29, 1.82) is 0 Å². The standard InChI is InChI=1S/C13H19FN2/c1-10(2)13-9-16(7-6-15-13)12-5-3-4-11(14)8-12/h3-5,8,10,13,15H,6-7,9H2,1-2H3. The molecule has 1 saturated heterocycles. The molecule has 0 saturated carbocycles. The Kier molecular flexibility index (Phi) is 3.44. The zero-order valence-corrected chi connectivity index (χ0v) is 9.91. The summed E-state index contributed by atoms with van der Waals surface area (Å²) in [5.74, 6) is 0.452. The summed E-state index contributed by atoms with van der Waals surface area (Å²) in [6.45, 7) is 7.31. The van der Waals surface area contributed by atoms with Gasteiger partial charge in [0.2, 0.25) is 0 Å². The van der Waals surface area contributed by atoms with Gasteiger partial charge in [-0.2, -0.15) is 0 Å². The number of benzene rings is 1. The van der Waals surface area contributed by atoms with E-state index in [0.717, 1.165) is 25.3 Å². The molecule has 1 aromatic carbocycles. The molecule has 0 aromatic heterocycles. The van der Waals surface area contributed by atoms with Crippen LogP contribution in [0.2, 0.25) is 0 Å². The summed E-state index contributed by atoms with van der Waals surface area (Å²) in [4.78, 5) is 2.25. The van der Waals surface area contributed by atoms with Gasteiger partial charge in [-0.1, -0.05) is 19.9 Å². The van der Waals surface area contributed by atoms with E-state index in [1.807, 2.05) is 6.07 Å². The summed E-state index contributed by atoms with van der Waals surface area (Å²) in [6, 6.07) is 7.36. The van der Waals surface area contributed by atoms with Crippen molar-refractivity contribution in [3.05, 3.63) is 30.1 Å². The van der Waals surface area contributed by atoms with Crippen LogP contribution in [0.3, 0.4) is 0 Å². The number of halogens is 1. The van der Waals surface area contributed by atoms with Crippen molar-refractivity contribution in [2.45, 2.75) is 19.9 Å². The average Bonchev–Trinajstić information content (AvgIpc) is 2.29. The van der Waals surface area contributed by atoms with E-state index < -0.39 is 0 Å². The highest BCUT2D eigenvalue weighted by atomic mass is 19.1. The van der Waals surface area contributed by atoms with Gasteiger partial charge >= 0.3 is 0 Å². The molecule has 1 fully saturated rings. The van der Waals surface area contributed by atoms with Crippen LogP contribution in [0.5, 0.6) is 0 Å². The Morgan fingerprint density at radius 3 is 2.94 bits per heavy atom. The van der Waals surface area contributed by atoms with Crippen molar-refractivity contribution in [3.63, 3.8) is 0 Å². The third-order valence-corrected chi connectivity index (χ3v) is 3.18. The highest BCUT2D eigenvalue weighted by Crippen LogP contribution is 2.18. The number of rotatable bonds is 2. The molecule has 0 bridgehead atoms. The van der Waals surface area contributed by atoms with E-state index in [-0.39, 0.29) is 5.82 Å². The maximum absolute atomic E-state index is 13.1. The van der Waals surface area contributed by atoms with Crippen LogP contribution in [-0.2, 0) is 0 Å². The Morgan fingerprint density at radius 1 is 1.44 bits per heavy atom. The van der Waals surface area contributed by atoms with Crippen molar-refractivity contribution >= 4 is 5.69 Å². The second-order valence-electron chi connectivity index (χ2n) is 4.73. The Labute approximate surface area is 96.5 Å². The molecule has 0 aliphatic carbocycles. The van der Waals surface area contributed by atoms with Gasteiger partial charge in [-0.05, 0) is 24.1 Å². The largest absolute Gasteiger partial charge is 0.369 e. The lowest BCUT2D eigenvalue weighted by Gasteiger charge is -2.37. The average molecular weight is 222 g/mol. The number of hydrogen-bond acceptors (Lipinski definition) is 2. The third kappa shape index (κ3) is 2.53. The maximum atomic E-state index is 13.1. The van der Waals surface area contributed by atoms with E-state index in [1.165, 1.54) is 6.07 Å². The van der Waals surface area contributed by atoms with Gasteiger partial charge < -0.3 is 10.2 Å². The number of hydrogen-bond donors (Lipinski definition) is 1. The Bertz CT molecular complexity index is 352. The quantitative estimate of drug-likeness (QED) is 0.825. The third-order valence-electron chi connectivity index (χ3n) is 3.18. The molecular formula is C13H19FN2. The molecule has 1 unspecified atom stereocenters. The van der Waals surface area contributed by atoms with E-state index in [0.29, 0.717) is 12.0 Å². The molecule has 0 amide bonds. The highest BCUT2D eigenvalue weighted by molar-refractivity contribution is 5.47. The van der Waals surface area contributed by atoms with E-state index in [2.05, 4.69) is 24.1 Å². The van der Waals surface area contributed by atoms with Crippen molar-refractivity contribution < 1.29 is 4.39 Å². The minimum Gasteiger partial charge on any atom is -0.369 e. The van der Waals surface area contributed by atoms with Crippen LogP contribution in [0.4, 0.5) is 10.1 Å². The van der Waals surface area contributed by atoms with Crippen molar-refractivity contribution in [2.75, 3.05) is 24.5 Å². The molecule has 88 valence electrons. The van der Waals surface area contributed by atoms with Crippen molar-refractivity contribution in [1.82, 2.24) is 5.32 Å². The monoisotopic (exact) mass is 222 g/mol. The van der Waals surface area contributed by atoms with Gasteiger partial charge in [-0.25, -0.2) is 4.39 Å². The second-order valence-corrected chi connectivity index (χ2v) is 4.73. The fourth-order valence-electron chi connectivity index (χ4n) is 2.13. The van der Waals surface area contributed by atoms with Crippen LogP contribution < -0.4 is 10.2 Å². The van der Waals surface area contributed by atoms with Crippen LogP contribution in [0, 0.1) is 11.7 Å². The fourth-order valence-corrected chi connectivity index (χ4v) is 2.13. The molecule has 1 atom stereocenters. The molecule has 0 spiro atoms. The summed E-state index contributed by atoms with van der Waals surface area (Å²) >= 11 is 0. The van der Waals surface area contributed by atoms with Crippen LogP contribution in [0.1, 0.15) is 13.8 Å². The van der Waals surface area contributed by atoms with Crippen LogP contribution >= 0.6 is 0 Å². The Balaban J connectivity index is 2.09. The summed E-state index contributed by atoms with van der Waals surface area (Å²) in [5, 5.41) is 3.50. The molecule has 2 rings (SSSR count). The summed E-state index contributed by atoms with van der Waals surface area (Å²) < 4.78 is 13.1. The molecule has 16 heavy (non-hydrogen) atoms. The minimum atomic E-state index is -0.155. The Morgan fingerprint density at radius 2 is 2.25 bits per heavy atom. The van der Waals surface area contributed by atoms with Gasteiger partial charge in [0.1, 0.15) is 5.82 Å². The Hall–Kier alpha value is -1.09. The first-order chi connectivity index (χ1) is 7.66. The molecular weight excluding hydrogens is 203 g/mol. The molecule has 1 aliphatic rings.